The Bertz CT molecular complexity index is 145. The van der Waals surface area contributed by atoms with Crippen LogP contribution in [0.2, 0.25) is 0 Å². The van der Waals surface area contributed by atoms with Crippen molar-refractivity contribution in [1.29, 1.82) is 0 Å². The molecule has 72 valence electrons. The number of alkyl halides is 1. The molecule has 0 aromatic rings. The smallest absolute Gasteiger partial charge is 0.0665 e. The second-order valence-electron chi connectivity index (χ2n) is 4.74. The Kier molecular flexibility index (Phi) is 3.59. The monoisotopic (exact) mass is 234 g/mol. The number of hydrogen-bond acceptors (Lipinski definition) is 1. The molecule has 0 aliphatic heterocycles. The van der Waals surface area contributed by atoms with Gasteiger partial charge in [-0.3, -0.25) is 0 Å². The fourth-order valence-electron chi connectivity index (χ4n) is 2.21. The van der Waals surface area contributed by atoms with Crippen LogP contribution in [0.3, 0.4) is 0 Å². The molecule has 2 unspecified atom stereocenters. The minimum absolute atomic E-state index is 0.135. The third-order valence-corrected chi connectivity index (χ3v) is 3.61. The summed E-state index contributed by atoms with van der Waals surface area (Å²) in [6, 6.07) is 0. The van der Waals surface area contributed by atoms with Crippen LogP contribution in [-0.2, 0) is 0 Å². The largest absolute Gasteiger partial charge is 0.392 e. The molecule has 0 heterocycles. The average Bonchev–Trinajstić information content (AvgIpc) is 2.01. The van der Waals surface area contributed by atoms with Gasteiger partial charge < -0.3 is 5.11 Å². The molecular weight excluding hydrogens is 216 g/mol. The van der Waals surface area contributed by atoms with E-state index in [0.29, 0.717) is 11.3 Å². The molecule has 0 aromatic heterocycles. The highest BCUT2D eigenvalue weighted by molar-refractivity contribution is 9.09. The normalized spacial score (nSPS) is 31.5. The summed E-state index contributed by atoms with van der Waals surface area (Å²) >= 11 is 3.34. The molecule has 1 saturated carbocycles. The standard InChI is InChI=1S/C10H19BrO/c1-10(2)5-3-4-8(6-10)9(12)7-11/h8-9,12H,3-7H2,1-2H3. The molecule has 0 saturated heterocycles. The van der Waals surface area contributed by atoms with Crippen LogP contribution in [0, 0.1) is 11.3 Å². The van der Waals surface area contributed by atoms with E-state index in [1.165, 1.54) is 25.7 Å². The van der Waals surface area contributed by atoms with Gasteiger partial charge in [0.15, 0.2) is 0 Å². The van der Waals surface area contributed by atoms with Crippen LogP contribution < -0.4 is 0 Å². The van der Waals surface area contributed by atoms with Crippen LogP contribution in [0.5, 0.6) is 0 Å². The molecular formula is C10H19BrO. The fraction of sp³-hybridized carbons (Fsp3) is 1.00. The molecule has 12 heavy (non-hydrogen) atoms. The highest BCUT2D eigenvalue weighted by atomic mass is 79.9. The minimum Gasteiger partial charge on any atom is -0.392 e. The maximum atomic E-state index is 9.67. The summed E-state index contributed by atoms with van der Waals surface area (Å²) in [6.45, 7) is 4.61. The third kappa shape index (κ3) is 2.74. The fourth-order valence-corrected chi connectivity index (χ4v) is 2.74. The van der Waals surface area contributed by atoms with Gasteiger partial charge in [-0.05, 0) is 30.6 Å². The van der Waals surface area contributed by atoms with E-state index in [2.05, 4.69) is 29.8 Å². The number of halogens is 1. The Balaban J connectivity index is 2.46. The summed E-state index contributed by atoms with van der Waals surface area (Å²) in [6.07, 6.45) is 4.85. The lowest BCUT2D eigenvalue weighted by Gasteiger charge is -2.37. The van der Waals surface area contributed by atoms with Gasteiger partial charge >= 0.3 is 0 Å². The highest BCUT2D eigenvalue weighted by Gasteiger charge is 2.31. The van der Waals surface area contributed by atoms with Crippen molar-refractivity contribution in [2.75, 3.05) is 5.33 Å². The van der Waals surface area contributed by atoms with Gasteiger partial charge in [-0.25, -0.2) is 0 Å². The van der Waals surface area contributed by atoms with Gasteiger partial charge in [0.25, 0.3) is 0 Å². The molecule has 1 fully saturated rings. The van der Waals surface area contributed by atoms with E-state index in [-0.39, 0.29) is 6.10 Å². The van der Waals surface area contributed by atoms with Crippen LogP contribution in [0.25, 0.3) is 0 Å². The second-order valence-corrected chi connectivity index (χ2v) is 5.39. The summed E-state index contributed by atoms with van der Waals surface area (Å²) in [5.41, 5.74) is 0.450. The molecule has 1 aliphatic carbocycles. The van der Waals surface area contributed by atoms with Crippen LogP contribution in [0.4, 0.5) is 0 Å². The lowest BCUT2D eigenvalue weighted by molar-refractivity contribution is 0.0625. The predicted molar refractivity (Wildman–Crippen MR) is 55.5 cm³/mol. The summed E-state index contributed by atoms with van der Waals surface area (Å²) in [5.74, 6) is 0.521. The maximum Gasteiger partial charge on any atom is 0.0665 e. The van der Waals surface area contributed by atoms with Gasteiger partial charge in [0.1, 0.15) is 0 Å². The molecule has 1 nitrogen and oxygen atoms in total. The van der Waals surface area contributed by atoms with Gasteiger partial charge in [0.05, 0.1) is 6.10 Å². The Morgan fingerprint density at radius 2 is 2.25 bits per heavy atom. The molecule has 0 aromatic carbocycles. The van der Waals surface area contributed by atoms with E-state index in [1.54, 1.807) is 0 Å². The molecule has 0 bridgehead atoms. The first-order chi connectivity index (χ1) is 5.55. The third-order valence-electron chi connectivity index (χ3n) is 2.95. The molecule has 2 heteroatoms. The molecule has 1 N–H and O–H groups in total. The van der Waals surface area contributed by atoms with Crippen molar-refractivity contribution in [3.8, 4) is 0 Å². The maximum absolute atomic E-state index is 9.67. The van der Waals surface area contributed by atoms with E-state index < -0.39 is 0 Å². The van der Waals surface area contributed by atoms with Crippen LogP contribution in [0.1, 0.15) is 39.5 Å². The lowest BCUT2D eigenvalue weighted by atomic mass is 9.71. The van der Waals surface area contributed by atoms with Crippen molar-refractivity contribution in [2.45, 2.75) is 45.6 Å². The van der Waals surface area contributed by atoms with Crippen molar-refractivity contribution in [1.82, 2.24) is 0 Å². The Morgan fingerprint density at radius 3 is 2.75 bits per heavy atom. The van der Waals surface area contributed by atoms with E-state index >= 15 is 0 Å². The SMILES string of the molecule is CC1(C)CCCC(C(O)CBr)C1. The second kappa shape index (κ2) is 4.10. The molecule has 1 aliphatic rings. The molecule has 0 radical (unpaired) electrons. The topological polar surface area (TPSA) is 20.2 Å². The van der Waals surface area contributed by atoms with Crippen LogP contribution >= 0.6 is 15.9 Å². The lowest BCUT2D eigenvalue weighted by Crippen LogP contribution is -2.31. The highest BCUT2D eigenvalue weighted by Crippen LogP contribution is 2.39. The summed E-state index contributed by atoms with van der Waals surface area (Å²) < 4.78 is 0. The molecule has 1 rings (SSSR count). The number of hydrogen-bond donors (Lipinski definition) is 1. The molecule has 0 spiro atoms. The average molecular weight is 235 g/mol. The molecule has 2 atom stereocenters. The predicted octanol–water partition coefficient (Wildman–Crippen LogP) is 2.96. The van der Waals surface area contributed by atoms with Gasteiger partial charge in [-0.15, -0.1) is 0 Å². The van der Waals surface area contributed by atoms with E-state index in [1.807, 2.05) is 0 Å². The molecule has 0 amide bonds. The first kappa shape index (κ1) is 10.5. The Hall–Kier alpha value is 0.440. The van der Waals surface area contributed by atoms with Crippen LogP contribution in [0.15, 0.2) is 0 Å². The van der Waals surface area contributed by atoms with Gasteiger partial charge in [0, 0.05) is 5.33 Å². The van der Waals surface area contributed by atoms with Gasteiger partial charge in [-0.2, -0.15) is 0 Å². The van der Waals surface area contributed by atoms with E-state index in [9.17, 15) is 5.11 Å². The minimum atomic E-state index is -0.135. The number of aliphatic hydroxyl groups is 1. The van der Waals surface area contributed by atoms with Crippen molar-refractivity contribution < 1.29 is 5.11 Å². The van der Waals surface area contributed by atoms with E-state index in [4.69, 9.17) is 0 Å². The van der Waals surface area contributed by atoms with Crippen molar-refractivity contribution >= 4 is 15.9 Å². The zero-order valence-electron chi connectivity index (χ0n) is 8.02. The zero-order chi connectivity index (χ0) is 9.19. The van der Waals surface area contributed by atoms with Gasteiger partial charge in [0.2, 0.25) is 0 Å². The first-order valence-electron chi connectivity index (χ1n) is 4.79. The van der Waals surface area contributed by atoms with Crippen molar-refractivity contribution in [3.05, 3.63) is 0 Å². The Labute approximate surface area is 83.7 Å². The van der Waals surface area contributed by atoms with E-state index in [0.717, 1.165) is 5.33 Å². The summed E-state index contributed by atoms with van der Waals surface area (Å²) in [5, 5.41) is 10.4. The first-order valence-corrected chi connectivity index (χ1v) is 5.91. The zero-order valence-corrected chi connectivity index (χ0v) is 9.60. The Morgan fingerprint density at radius 1 is 1.58 bits per heavy atom. The quantitative estimate of drug-likeness (QED) is 0.729. The summed E-state index contributed by atoms with van der Waals surface area (Å²) in [4.78, 5) is 0. The number of rotatable bonds is 2. The number of aliphatic hydroxyl groups excluding tert-OH is 1. The van der Waals surface area contributed by atoms with Crippen molar-refractivity contribution in [3.63, 3.8) is 0 Å². The van der Waals surface area contributed by atoms with Gasteiger partial charge in [-0.1, -0.05) is 36.2 Å². The summed E-state index contributed by atoms with van der Waals surface area (Å²) in [7, 11) is 0. The van der Waals surface area contributed by atoms with Crippen molar-refractivity contribution in [2.24, 2.45) is 11.3 Å². The van der Waals surface area contributed by atoms with Crippen LogP contribution in [-0.4, -0.2) is 16.5 Å².